The lowest BCUT2D eigenvalue weighted by Crippen LogP contribution is -2.39. The molecule has 1 aliphatic rings. The largest absolute Gasteiger partial charge is 0.494 e. The molecule has 5 rings (SSSR count). The van der Waals surface area contributed by atoms with Crippen LogP contribution in [0, 0.1) is 0 Å². The normalized spacial score (nSPS) is 15.7. The molecule has 156 valence electrons. The van der Waals surface area contributed by atoms with E-state index in [1.807, 2.05) is 24.4 Å². The smallest absolute Gasteiger partial charge is 0.291 e. The van der Waals surface area contributed by atoms with Crippen LogP contribution in [0.3, 0.4) is 0 Å². The Morgan fingerprint density at radius 2 is 2.00 bits per heavy atom. The Hall–Kier alpha value is -3.16. The number of carbonyl (C=O) groups excluding carboxylic acids is 1. The van der Waals surface area contributed by atoms with Gasteiger partial charge in [-0.15, -0.1) is 0 Å². The van der Waals surface area contributed by atoms with E-state index in [4.69, 9.17) is 27.9 Å². The lowest BCUT2D eigenvalue weighted by Gasteiger charge is -2.32. The highest BCUT2D eigenvalue weighted by Gasteiger charge is 2.34. The average Bonchev–Trinajstić information content (AvgIpc) is 3.20. The number of ether oxygens (including phenoxy) is 1. The number of fused-ring (bicyclic) bond motifs is 3. The number of methoxy groups -OCH3 is 1. The Bertz CT molecular complexity index is 1270. The summed E-state index contributed by atoms with van der Waals surface area (Å²) in [7, 11) is 1.53. The zero-order valence-corrected chi connectivity index (χ0v) is 18.0. The molecule has 0 unspecified atom stereocenters. The minimum Gasteiger partial charge on any atom is -0.494 e. The monoisotopic (exact) mass is 453 g/mol. The molecule has 3 aromatic heterocycles. The first kappa shape index (κ1) is 19.8. The summed E-state index contributed by atoms with van der Waals surface area (Å²) in [6.07, 6.45) is 6.51. The van der Waals surface area contributed by atoms with Crippen molar-refractivity contribution in [3.8, 4) is 5.75 Å². The molecule has 9 heteroatoms. The lowest BCUT2D eigenvalue weighted by atomic mass is 9.89. The fourth-order valence-corrected chi connectivity index (χ4v) is 4.37. The first-order valence-electron chi connectivity index (χ1n) is 9.60. The van der Waals surface area contributed by atoms with Crippen LogP contribution in [-0.2, 0) is 6.54 Å². The molecule has 1 aromatic carbocycles. The zero-order valence-electron chi connectivity index (χ0n) is 16.5. The third-order valence-corrected chi connectivity index (χ3v) is 6.34. The Labute approximate surface area is 188 Å². The second-order valence-corrected chi connectivity index (χ2v) is 8.06. The number of rotatable bonds is 3. The number of halogens is 2. The number of amides is 1. The van der Waals surface area contributed by atoms with E-state index in [-0.39, 0.29) is 17.6 Å². The predicted molar refractivity (Wildman–Crippen MR) is 118 cm³/mol. The van der Waals surface area contributed by atoms with Crippen LogP contribution >= 0.6 is 23.2 Å². The second-order valence-electron chi connectivity index (χ2n) is 7.27. The number of nitrogens with one attached hydrogen (secondary N) is 1. The van der Waals surface area contributed by atoms with Crippen LogP contribution in [0.2, 0.25) is 10.0 Å². The molecular weight excluding hydrogens is 437 g/mol. The fourth-order valence-electron chi connectivity index (χ4n) is 4.00. The number of H-pyrrole nitrogens is 1. The highest BCUT2D eigenvalue weighted by molar-refractivity contribution is 6.45. The van der Waals surface area contributed by atoms with E-state index < -0.39 is 0 Å². The van der Waals surface area contributed by atoms with Gasteiger partial charge >= 0.3 is 0 Å². The standard InChI is InChI=1S/C22H17Cl2N5O2/c1-31-13-8-26-21(27-9-13)22(30)29-10-15(12-3-2-6-25-7-12)19-16(11-29)14-4-5-17(23)18(24)20(14)28-19/h2-9,15,28H,10-11H2,1H3/t15-/m1/s1. The maximum absolute atomic E-state index is 13.3. The molecule has 1 N–H and O–H groups in total. The van der Waals surface area contributed by atoms with Crippen molar-refractivity contribution in [1.82, 2.24) is 24.8 Å². The second kappa shape index (κ2) is 7.83. The predicted octanol–water partition coefficient (Wildman–Crippen LogP) is 4.46. The minimum absolute atomic E-state index is 0.109. The molecule has 0 radical (unpaired) electrons. The Balaban J connectivity index is 1.61. The molecule has 4 aromatic rings. The van der Waals surface area contributed by atoms with Crippen molar-refractivity contribution in [2.75, 3.05) is 13.7 Å². The summed E-state index contributed by atoms with van der Waals surface area (Å²) < 4.78 is 5.09. The van der Waals surface area contributed by atoms with Gasteiger partial charge in [0.25, 0.3) is 5.91 Å². The van der Waals surface area contributed by atoms with E-state index >= 15 is 0 Å². The van der Waals surface area contributed by atoms with Crippen molar-refractivity contribution in [3.63, 3.8) is 0 Å². The number of hydrogen-bond donors (Lipinski definition) is 1. The summed E-state index contributed by atoms with van der Waals surface area (Å²) >= 11 is 12.7. The molecule has 0 bridgehead atoms. The fraction of sp³-hybridized carbons (Fsp3) is 0.182. The van der Waals surface area contributed by atoms with Crippen molar-refractivity contribution >= 4 is 40.0 Å². The zero-order chi connectivity index (χ0) is 21.5. The summed E-state index contributed by atoms with van der Waals surface area (Å²) in [6, 6.07) is 7.58. The lowest BCUT2D eigenvalue weighted by molar-refractivity contribution is 0.0712. The van der Waals surface area contributed by atoms with Crippen LogP contribution < -0.4 is 4.74 Å². The SMILES string of the molecule is COc1cnc(C(=O)N2Cc3c([nH]c4c(Cl)c(Cl)ccc34)[C@@H](c3cccnc3)C2)nc1. The van der Waals surface area contributed by atoms with E-state index in [0.717, 1.165) is 27.7 Å². The Kier molecular flexibility index (Phi) is 5.00. The van der Waals surface area contributed by atoms with Crippen LogP contribution in [0.15, 0.2) is 49.1 Å². The third-order valence-electron chi connectivity index (χ3n) is 5.53. The molecule has 1 amide bonds. The van der Waals surface area contributed by atoms with Gasteiger partial charge in [0.15, 0.2) is 5.75 Å². The summed E-state index contributed by atoms with van der Waals surface area (Å²) in [5, 5.41) is 1.88. The third kappa shape index (κ3) is 3.40. The topological polar surface area (TPSA) is 84.0 Å². The molecule has 0 spiro atoms. The van der Waals surface area contributed by atoms with Crippen LogP contribution in [0.5, 0.6) is 5.75 Å². The van der Waals surface area contributed by atoms with Crippen molar-refractivity contribution in [2.24, 2.45) is 0 Å². The molecule has 0 aliphatic carbocycles. The van der Waals surface area contributed by atoms with Crippen LogP contribution in [0.4, 0.5) is 0 Å². The first-order valence-corrected chi connectivity index (χ1v) is 10.4. The molecule has 0 fully saturated rings. The number of carbonyl (C=O) groups is 1. The van der Waals surface area contributed by atoms with Gasteiger partial charge in [-0.2, -0.15) is 0 Å². The van der Waals surface area contributed by atoms with E-state index in [2.05, 4.69) is 19.9 Å². The van der Waals surface area contributed by atoms with Crippen LogP contribution in [-0.4, -0.2) is 44.4 Å². The first-order chi connectivity index (χ1) is 15.1. The van der Waals surface area contributed by atoms with Crippen LogP contribution in [0.25, 0.3) is 10.9 Å². The summed E-state index contributed by atoms with van der Waals surface area (Å²) in [5.41, 5.74) is 3.76. The number of benzene rings is 1. The van der Waals surface area contributed by atoms with E-state index in [1.54, 1.807) is 17.2 Å². The van der Waals surface area contributed by atoms with Crippen molar-refractivity contribution in [3.05, 3.63) is 81.7 Å². The summed E-state index contributed by atoms with van der Waals surface area (Å²) in [5.74, 6) is 0.252. The van der Waals surface area contributed by atoms with Gasteiger partial charge in [-0.1, -0.05) is 35.3 Å². The van der Waals surface area contributed by atoms with Crippen LogP contribution in [0.1, 0.15) is 33.4 Å². The molecular formula is C22H17Cl2N5O2. The van der Waals surface area contributed by atoms with Gasteiger partial charge in [-0.05, 0) is 17.7 Å². The molecule has 31 heavy (non-hydrogen) atoms. The highest BCUT2D eigenvalue weighted by atomic mass is 35.5. The van der Waals surface area contributed by atoms with E-state index in [0.29, 0.717) is 28.9 Å². The highest BCUT2D eigenvalue weighted by Crippen LogP contribution is 2.41. The maximum atomic E-state index is 13.3. The van der Waals surface area contributed by atoms with Gasteiger partial charge in [0.05, 0.1) is 35.1 Å². The number of pyridine rings is 1. The molecule has 1 atom stereocenters. The average molecular weight is 454 g/mol. The van der Waals surface area contributed by atoms with Gasteiger partial charge in [-0.25, -0.2) is 9.97 Å². The summed E-state index contributed by atoms with van der Waals surface area (Å²) in [6.45, 7) is 0.851. The summed E-state index contributed by atoms with van der Waals surface area (Å²) in [4.78, 5) is 31.1. The van der Waals surface area contributed by atoms with Crippen molar-refractivity contribution in [2.45, 2.75) is 12.5 Å². The molecule has 0 saturated heterocycles. The van der Waals surface area contributed by atoms with Crippen molar-refractivity contribution < 1.29 is 9.53 Å². The number of aromatic amines is 1. The molecule has 7 nitrogen and oxygen atoms in total. The number of hydrogen-bond acceptors (Lipinski definition) is 5. The van der Waals surface area contributed by atoms with Gasteiger partial charge in [0.1, 0.15) is 0 Å². The van der Waals surface area contributed by atoms with E-state index in [1.165, 1.54) is 19.5 Å². The maximum Gasteiger partial charge on any atom is 0.291 e. The molecule has 4 heterocycles. The quantitative estimate of drug-likeness (QED) is 0.494. The number of aromatic nitrogens is 4. The molecule has 1 aliphatic heterocycles. The Morgan fingerprint density at radius 1 is 1.19 bits per heavy atom. The van der Waals surface area contributed by atoms with E-state index in [9.17, 15) is 4.79 Å². The number of nitrogens with zero attached hydrogens (tertiary/aromatic N) is 4. The molecule has 0 saturated carbocycles. The Morgan fingerprint density at radius 3 is 2.71 bits per heavy atom. The van der Waals surface area contributed by atoms with Gasteiger partial charge in [0, 0.05) is 48.0 Å². The van der Waals surface area contributed by atoms with Crippen molar-refractivity contribution in [1.29, 1.82) is 0 Å². The van der Waals surface area contributed by atoms with Gasteiger partial charge < -0.3 is 14.6 Å². The minimum atomic E-state index is -0.253. The van der Waals surface area contributed by atoms with Gasteiger partial charge in [-0.3, -0.25) is 9.78 Å². The van der Waals surface area contributed by atoms with Gasteiger partial charge in [0.2, 0.25) is 5.82 Å².